The molecule has 1 saturated heterocycles. The second kappa shape index (κ2) is 6.75. The number of carbonyl (C=O) groups is 1. The highest BCUT2D eigenvalue weighted by Gasteiger charge is 2.29. The van der Waals surface area contributed by atoms with Gasteiger partial charge in [0.25, 0.3) is 5.91 Å². The summed E-state index contributed by atoms with van der Waals surface area (Å²) in [6.45, 7) is 2.23. The fourth-order valence-electron chi connectivity index (χ4n) is 2.31. The SMILES string of the molecule is CCOc1c(Cl)cc(C(=O)NC2CCS(=O)(=O)C2)cc1OC. The lowest BCUT2D eigenvalue weighted by Gasteiger charge is -2.15. The minimum atomic E-state index is -3.04. The third-order valence-corrected chi connectivity index (χ3v) is 5.40. The Labute approximate surface area is 134 Å². The van der Waals surface area contributed by atoms with E-state index >= 15 is 0 Å². The number of hydrogen-bond donors (Lipinski definition) is 1. The van der Waals surface area contributed by atoms with Crippen molar-refractivity contribution >= 4 is 27.3 Å². The van der Waals surface area contributed by atoms with Crippen LogP contribution in [0, 0.1) is 0 Å². The smallest absolute Gasteiger partial charge is 0.251 e. The van der Waals surface area contributed by atoms with Crippen molar-refractivity contribution in [2.24, 2.45) is 0 Å². The van der Waals surface area contributed by atoms with Crippen LogP contribution in [-0.2, 0) is 9.84 Å². The largest absolute Gasteiger partial charge is 0.493 e. The molecule has 1 amide bonds. The summed E-state index contributed by atoms with van der Waals surface area (Å²) in [5.41, 5.74) is 0.301. The highest BCUT2D eigenvalue weighted by Crippen LogP contribution is 2.36. The van der Waals surface area contributed by atoms with Gasteiger partial charge in [0.1, 0.15) is 0 Å². The fraction of sp³-hybridized carbons (Fsp3) is 0.500. The Morgan fingerprint density at radius 2 is 2.18 bits per heavy atom. The van der Waals surface area contributed by atoms with Crippen LogP contribution < -0.4 is 14.8 Å². The average Bonchev–Trinajstić information content (AvgIpc) is 2.79. The van der Waals surface area contributed by atoms with E-state index in [1.807, 2.05) is 6.92 Å². The number of halogens is 1. The number of ether oxygens (including phenoxy) is 2. The highest BCUT2D eigenvalue weighted by molar-refractivity contribution is 7.91. The molecule has 8 heteroatoms. The van der Waals surface area contributed by atoms with E-state index in [1.54, 1.807) is 0 Å². The first-order chi connectivity index (χ1) is 10.4. The zero-order valence-corrected chi connectivity index (χ0v) is 14.0. The van der Waals surface area contributed by atoms with E-state index in [9.17, 15) is 13.2 Å². The normalized spacial score (nSPS) is 19.7. The Balaban J connectivity index is 2.18. The standard InChI is InChI=1S/C14H18ClNO5S/c1-3-21-13-11(15)6-9(7-12(13)20-2)14(17)16-10-4-5-22(18,19)8-10/h6-7,10H,3-5,8H2,1-2H3,(H,16,17). The molecule has 1 unspecified atom stereocenters. The van der Waals surface area contributed by atoms with Gasteiger partial charge in [-0.15, -0.1) is 0 Å². The summed E-state index contributed by atoms with van der Waals surface area (Å²) in [6, 6.07) is 2.64. The van der Waals surface area contributed by atoms with Crippen LogP contribution in [0.5, 0.6) is 11.5 Å². The van der Waals surface area contributed by atoms with Gasteiger partial charge >= 0.3 is 0 Å². The topological polar surface area (TPSA) is 81.7 Å². The van der Waals surface area contributed by atoms with Crippen molar-refractivity contribution in [1.82, 2.24) is 5.32 Å². The maximum absolute atomic E-state index is 12.2. The van der Waals surface area contributed by atoms with Crippen LogP contribution in [-0.4, -0.2) is 45.6 Å². The van der Waals surface area contributed by atoms with Gasteiger partial charge in [0.15, 0.2) is 21.3 Å². The van der Waals surface area contributed by atoms with Crippen LogP contribution in [0.25, 0.3) is 0 Å². The number of sulfone groups is 1. The average molecular weight is 348 g/mol. The summed E-state index contributed by atoms with van der Waals surface area (Å²) >= 11 is 6.12. The number of benzene rings is 1. The van der Waals surface area contributed by atoms with E-state index in [1.165, 1.54) is 19.2 Å². The molecule has 0 radical (unpaired) electrons. The Morgan fingerprint density at radius 1 is 1.45 bits per heavy atom. The van der Waals surface area contributed by atoms with Gasteiger partial charge in [0, 0.05) is 11.6 Å². The molecule has 0 aromatic heterocycles. The van der Waals surface area contributed by atoms with Crippen molar-refractivity contribution in [3.63, 3.8) is 0 Å². The van der Waals surface area contributed by atoms with Crippen molar-refractivity contribution < 1.29 is 22.7 Å². The quantitative estimate of drug-likeness (QED) is 0.876. The van der Waals surface area contributed by atoms with Crippen LogP contribution in [0.4, 0.5) is 0 Å². The lowest BCUT2D eigenvalue weighted by Crippen LogP contribution is -2.35. The third kappa shape index (κ3) is 3.84. The van der Waals surface area contributed by atoms with E-state index in [2.05, 4.69) is 5.32 Å². The summed E-state index contributed by atoms with van der Waals surface area (Å²) < 4.78 is 33.4. The fourth-order valence-corrected chi connectivity index (χ4v) is 4.25. The molecule has 1 fully saturated rings. The van der Waals surface area contributed by atoms with Crippen LogP contribution in [0.15, 0.2) is 12.1 Å². The van der Waals surface area contributed by atoms with E-state index < -0.39 is 9.84 Å². The maximum Gasteiger partial charge on any atom is 0.251 e. The lowest BCUT2D eigenvalue weighted by atomic mass is 10.1. The van der Waals surface area contributed by atoms with Crippen LogP contribution >= 0.6 is 11.6 Å². The van der Waals surface area contributed by atoms with Crippen molar-refractivity contribution in [2.75, 3.05) is 25.2 Å². The monoisotopic (exact) mass is 347 g/mol. The molecule has 0 bridgehead atoms. The Bertz CT molecular complexity index is 674. The summed E-state index contributed by atoms with van der Waals surface area (Å²) in [5.74, 6) is 0.432. The molecule has 6 nitrogen and oxygen atoms in total. The summed E-state index contributed by atoms with van der Waals surface area (Å²) in [4.78, 5) is 12.2. The molecule has 1 aliphatic heterocycles. The van der Waals surface area contributed by atoms with Gasteiger partial charge in [0.05, 0.1) is 30.2 Å². The van der Waals surface area contributed by atoms with Crippen molar-refractivity contribution in [3.05, 3.63) is 22.7 Å². The summed E-state index contributed by atoms with van der Waals surface area (Å²) in [6.07, 6.45) is 0.427. The highest BCUT2D eigenvalue weighted by atomic mass is 35.5. The molecule has 1 N–H and O–H groups in total. The molecule has 0 spiro atoms. The van der Waals surface area contributed by atoms with Gasteiger partial charge in [-0.25, -0.2) is 8.42 Å². The summed E-state index contributed by atoms with van der Waals surface area (Å²) in [7, 11) is -1.59. The van der Waals surface area contributed by atoms with Crippen LogP contribution in [0.3, 0.4) is 0 Å². The van der Waals surface area contributed by atoms with Crippen LogP contribution in [0.2, 0.25) is 5.02 Å². The van der Waals surface area contributed by atoms with E-state index in [-0.39, 0.29) is 28.5 Å². The van der Waals surface area contributed by atoms with Crippen molar-refractivity contribution in [3.8, 4) is 11.5 Å². The predicted octanol–water partition coefficient (Wildman–Crippen LogP) is 1.66. The zero-order chi connectivity index (χ0) is 16.3. The second-order valence-corrected chi connectivity index (χ2v) is 7.63. The molecule has 1 aliphatic rings. The number of amides is 1. The number of carbonyl (C=O) groups excluding carboxylic acids is 1. The third-order valence-electron chi connectivity index (χ3n) is 3.35. The number of nitrogens with one attached hydrogen (secondary N) is 1. The minimum Gasteiger partial charge on any atom is -0.493 e. The first-order valence-corrected chi connectivity index (χ1v) is 9.08. The molecular weight excluding hydrogens is 330 g/mol. The number of rotatable bonds is 5. The van der Waals surface area contributed by atoms with Crippen molar-refractivity contribution in [2.45, 2.75) is 19.4 Å². The number of methoxy groups -OCH3 is 1. The molecule has 0 aliphatic carbocycles. The molecule has 1 heterocycles. The lowest BCUT2D eigenvalue weighted by molar-refractivity contribution is 0.0940. The molecule has 22 heavy (non-hydrogen) atoms. The van der Waals surface area contributed by atoms with Gasteiger partial charge < -0.3 is 14.8 Å². The van der Waals surface area contributed by atoms with Crippen LogP contribution in [0.1, 0.15) is 23.7 Å². The molecule has 1 aromatic rings. The molecule has 1 aromatic carbocycles. The molecule has 2 rings (SSSR count). The van der Waals surface area contributed by atoms with Gasteiger partial charge in [-0.05, 0) is 25.5 Å². The van der Waals surface area contributed by atoms with E-state index in [0.29, 0.717) is 30.1 Å². The first kappa shape index (κ1) is 16.9. The van der Waals surface area contributed by atoms with Gasteiger partial charge in [-0.2, -0.15) is 0 Å². The van der Waals surface area contributed by atoms with Crippen molar-refractivity contribution in [1.29, 1.82) is 0 Å². The zero-order valence-electron chi connectivity index (χ0n) is 12.4. The Kier molecular flexibility index (Phi) is 5.18. The van der Waals surface area contributed by atoms with Gasteiger partial charge in [0.2, 0.25) is 0 Å². The summed E-state index contributed by atoms with van der Waals surface area (Å²) in [5, 5.41) is 2.98. The Morgan fingerprint density at radius 3 is 2.73 bits per heavy atom. The molecule has 1 atom stereocenters. The van der Waals surface area contributed by atoms with Gasteiger partial charge in [-0.1, -0.05) is 11.6 Å². The molecular formula is C14H18ClNO5S. The Hall–Kier alpha value is -1.47. The maximum atomic E-state index is 12.2. The minimum absolute atomic E-state index is 0.0271. The van der Waals surface area contributed by atoms with E-state index in [0.717, 1.165) is 0 Å². The first-order valence-electron chi connectivity index (χ1n) is 6.88. The van der Waals surface area contributed by atoms with E-state index in [4.69, 9.17) is 21.1 Å². The second-order valence-electron chi connectivity index (χ2n) is 5.00. The van der Waals surface area contributed by atoms with Gasteiger partial charge in [-0.3, -0.25) is 4.79 Å². The molecule has 122 valence electrons. The number of hydrogen-bond acceptors (Lipinski definition) is 5. The predicted molar refractivity (Wildman–Crippen MR) is 83.7 cm³/mol. The molecule has 0 saturated carbocycles.